The van der Waals surface area contributed by atoms with Gasteiger partial charge >= 0.3 is 0 Å². The quantitative estimate of drug-likeness (QED) is 0.759. The lowest BCUT2D eigenvalue weighted by molar-refractivity contribution is -0.131. The SMILES string of the molecule is CC(NC(=O)CC1CCCN1)(C(N)=O)c1cccc(Cl)c1.Cl. The van der Waals surface area contributed by atoms with E-state index in [0.717, 1.165) is 19.4 Å². The summed E-state index contributed by atoms with van der Waals surface area (Å²) < 4.78 is 0. The molecule has 2 rings (SSSR count). The Kier molecular flexibility index (Phi) is 6.66. The van der Waals surface area contributed by atoms with Crippen molar-refractivity contribution in [3.63, 3.8) is 0 Å². The van der Waals surface area contributed by atoms with Crippen molar-refractivity contribution >= 4 is 35.8 Å². The van der Waals surface area contributed by atoms with Crippen LogP contribution in [0.4, 0.5) is 0 Å². The van der Waals surface area contributed by atoms with Crippen LogP contribution in [-0.4, -0.2) is 24.4 Å². The fraction of sp³-hybridized carbons (Fsp3) is 0.467. The molecule has 0 saturated carbocycles. The Labute approximate surface area is 141 Å². The number of amides is 2. The van der Waals surface area contributed by atoms with Gasteiger partial charge in [0.2, 0.25) is 11.8 Å². The first kappa shape index (κ1) is 18.7. The van der Waals surface area contributed by atoms with E-state index in [0.29, 0.717) is 17.0 Å². The van der Waals surface area contributed by atoms with E-state index in [1.807, 2.05) is 0 Å². The van der Waals surface area contributed by atoms with Crippen LogP contribution in [0.2, 0.25) is 5.02 Å². The summed E-state index contributed by atoms with van der Waals surface area (Å²) in [4.78, 5) is 24.0. The third-order valence-corrected chi connectivity index (χ3v) is 4.11. The molecule has 1 aromatic carbocycles. The van der Waals surface area contributed by atoms with Crippen molar-refractivity contribution in [1.29, 1.82) is 0 Å². The third kappa shape index (κ3) is 4.35. The number of benzene rings is 1. The molecule has 5 nitrogen and oxygen atoms in total. The van der Waals surface area contributed by atoms with Gasteiger partial charge in [0, 0.05) is 17.5 Å². The second-order valence-electron chi connectivity index (χ2n) is 5.55. The second kappa shape index (κ2) is 7.81. The summed E-state index contributed by atoms with van der Waals surface area (Å²) in [5.41, 5.74) is 4.81. The molecule has 1 aliphatic heterocycles. The summed E-state index contributed by atoms with van der Waals surface area (Å²) in [7, 11) is 0. The molecule has 0 radical (unpaired) electrons. The molecule has 0 spiro atoms. The number of carbonyl (C=O) groups excluding carboxylic acids is 2. The minimum absolute atomic E-state index is 0. The van der Waals surface area contributed by atoms with Crippen molar-refractivity contribution in [2.45, 2.75) is 37.8 Å². The fourth-order valence-corrected chi connectivity index (χ4v) is 2.75. The van der Waals surface area contributed by atoms with Crippen LogP contribution in [0.15, 0.2) is 24.3 Å². The predicted octanol–water partition coefficient (Wildman–Crippen LogP) is 1.72. The molecule has 1 saturated heterocycles. The van der Waals surface area contributed by atoms with E-state index >= 15 is 0 Å². The third-order valence-electron chi connectivity index (χ3n) is 3.88. The van der Waals surface area contributed by atoms with Gasteiger partial charge in [0.15, 0.2) is 0 Å². The molecule has 0 bridgehead atoms. The van der Waals surface area contributed by atoms with E-state index in [9.17, 15) is 9.59 Å². The number of nitrogens with two attached hydrogens (primary N) is 1. The molecule has 1 heterocycles. The molecule has 1 aromatic rings. The van der Waals surface area contributed by atoms with Crippen LogP contribution < -0.4 is 16.4 Å². The normalized spacial score (nSPS) is 19.8. The lowest BCUT2D eigenvalue weighted by Gasteiger charge is -2.28. The molecule has 1 aliphatic rings. The largest absolute Gasteiger partial charge is 0.367 e. The van der Waals surface area contributed by atoms with E-state index in [1.165, 1.54) is 0 Å². The van der Waals surface area contributed by atoms with Gasteiger partial charge in [-0.2, -0.15) is 0 Å². The first-order valence-electron chi connectivity index (χ1n) is 7.02. The van der Waals surface area contributed by atoms with Gasteiger partial charge in [-0.25, -0.2) is 0 Å². The van der Waals surface area contributed by atoms with Crippen LogP contribution >= 0.6 is 24.0 Å². The molecule has 7 heteroatoms. The first-order valence-corrected chi connectivity index (χ1v) is 7.40. The van der Waals surface area contributed by atoms with Crippen LogP contribution in [-0.2, 0) is 15.1 Å². The maximum atomic E-state index is 12.2. The Bertz CT molecular complexity index is 547. The number of halogens is 2. The molecule has 0 aliphatic carbocycles. The summed E-state index contributed by atoms with van der Waals surface area (Å²) >= 11 is 5.95. The van der Waals surface area contributed by atoms with Crippen LogP contribution in [0.3, 0.4) is 0 Å². The highest BCUT2D eigenvalue weighted by molar-refractivity contribution is 6.30. The Morgan fingerprint density at radius 2 is 2.23 bits per heavy atom. The molecule has 4 N–H and O–H groups in total. The smallest absolute Gasteiger partial charge is 0.247 e. The number of hydrogen-bond donors (Lipinski definition) is 3. The van der Waals surface area contributed by atoms with Gasteiger partial charge in [0.25, 0.3) is 0 Å². The Morgan fingerprint density at radius 1 is 1.50 bits per heavy atom. The standard InChI is InChI=1S/C15H20ClN3O2.ClH/c1-15(14(17)21,10-4-2-5-11(16)8-10)19-13(20)9-12-6-3-7-18-12;/h2,4-5,8,12,18H,3,6-7,9H2,1H3,(H2,17,21)(H,19,20);1H. The molecule has 2 amide bonds. The summed E-state index contributed by atoms with van der Waals surface area (Å²) in [6.45, 7) is 2.53. The highest BCUT2D eigenvalue weighted by Gasteiger charge is 2.35. The van der Waals surface area contributed by atoms with Crippen LogP contribution in [0.1, 0.15) is 31.7 Å². The van der Waals surface area contributed by atoms with Crippen molar-refractivity contribution in [2.24, 2.45) is 5.73 Å². The average Bonchev–Trinajstić information content (AvgIpc) is 2.91. The van der Waals surface area contributed by atoms with Crippen molar-refractivity contribution in [3.8, 4) is 0 Å². The van der Waals surface area contributed by atoms with Crippen LogP contribution in [0.25, 0.3) is 0 Å². The van der Waals surface area contributed by atoms with Gasteiger partial charge in [-0.15, -0.1) is 12.4 Å². The van der Waals surface area contributed by atoms with E-state index in [1.54, 1.807) is 31.2 Å². The Hall–Kier alpha value is -1.30. The lowest BCUT2D eigenvalue weighted by Crippen LogP contribution is -2.53. The minimum Gasteiger partial charge on any atom is -0.367 e. The summed E-state index contributed by atoms with van der Waals surface area (Å²) in [6, 6.07) is 6.97. The van der Waals surface area contributed by atoms with Gasteiger partial charge in [0.05, 0.1) is 0 Å². The highest BCUT2D eigenvalue weighted by Crippen LogP contribution is 2.24. The van der Waals surface area contributed by atoms with E-state index in [4.69, 9.17) is 17.3 Å². The van der Waals surface area contributed by atoms with Gasteiger partial charge in [0.1, 0.15) is 5.54 Å². The minimum atomic E-state index is -1.26. The monoisotopic (exact) mass is 345 g/mol. The number of carbonyl (C=O) groups is 2. The first-order chi connectivity index (χ1) is 9.91. The zero-order chi connectivity index (χ0) is 15.5. The second-order valence-corrected chi connectivity index (χ2v) is 5.98. The molecular weight excluding hydrogens is 325 g/mol. The zero-order valence-corrected chi connectivity index (χ0v) is 14.0. The number of nitrogens with one attached hydrogen (secondary N) is 2. The number of primary amides is 1. The number of hydrogen-bond acceptors (Lipinski definition) is 3. The molecule has 0 aromatic heterocycles. The van der Waals surface area contributed by atoms with Crippen molar-refractivity contribution in [1.82, 2.24) is 10.6 Å². The van der Waals surface area contributed by atoms with Crippen LogP contribution in [0, 0.1) is 0 Å². The average molecular weight is 346 g/mol. The Morgan fingerprint density at radius 3 is 2.77 bits per heavy atom. The van der Waals surface area contributed by atoms with Crippen molar-refractivity contribution in [2.75, 3.05) is 6.54 Å². The van der Waals surface area contributed by atoms with E-state index in [2.05, 4.69) is 10.6 Å². The number of rotatable bonds is 5. The Balaban J connectivity index is 0.00000242. The van der Waals surface area contributed by atoms with E-state index in [-0.39, 0.29) is 24.4 Å². The van der Waals surface area contributed by atoms with Gasteiger partial charge in [-0.1, -0.05) is 23.7 Å². The molecule has 122 valence electrons. The van der Waals surface area contributed by atoms with Gasteiger partial charge in [-0.3, -0.25) is 9.59 Å². The van der Waals surface area contributed by atoms with Gasteiger partial charge in [-0.05, 0) is 44.0 Å². The molecule has 2 atom stereocenters. The van der Waals surface area contributed by atoms with Crippen molar-refractivity contribution < 1.29 is 9.59 Å². The molecule has 22 heavy (non-hydrogen) atoms. The topological polar surface area (TPSA) is 84.2 Å². The summed E-state index contributed by atoms with van der Waals surface area (Å²) in [5.74, 6) is -0.812. The maximum Gasteiger partial charge on any atom is 0.247 e. The summed E-state index contributed by atoms with van der Waals surface area (Å²) in [5, 5.41) is 6.50. The molecule has 1 fully saturated rings. The molecule has 2 unspecified atom stereocenters. The molecular formula is C15H21Cl2N3O2. The van der Waals surface area contributed by atoms with Gasteiger partial charge < -0.3 is 16.4 Å². The highest BCUT2D eigenvalue weighted by atomic mass is 35.5. The van der Waals surface area contributed by atoms with E-state index < -0.39 is 11.4 Å². The summed E-state index contributed by atoms with van der Waals surface area (Å²) in [6.07, 6.45) is 2.38. The maximum absolute atomic E-state index is 12.2. The fourth-order valence-electron chi connectivity index (χ4n) is 2.56. The van der Waals surface area contributed by atoms with Crippen molar-refractivity contribution in [3.05, 3.63) is 34.9 Å². The predicted molar refractivity (Wildman–Crippen MR) is 89.0 cm³/mol. The zero-order valence-electron chi connectivity index (χ0n) is 12.4. The van der Waals surface area contributed by atoms with Crippen LogP contribution in [0.5, 0.6) is 0 Å². The lowest BCUT2D eigenvalue weighted by atomic mass is 9.90.